The van der Waals surface area contributed by atoms with Gasteiger partial charge in [0.15, 0.2) is 0 Å². The van der Waals surface area contributed by atoms with Crippen molar-refractivity contribution in [2.75, 3.05) is 14.2 Å². The molecule has 1 aliphatic heterocycles. The zero-order chi connectivity index (χ0) is 13.3. The van der Waals surface area contributed by atoms with Crippen LogP contribution in [0, 0.1) is 0 Å². The molecular formula is C12H10BrNO4. The van der Waals surface area contributed by atoms with Gasteiger partial charge < -0.3 is 9.47 Å². The largest absolute Gasteiger partial charge is 0.504 e. The van der Waals surface area contributed by atoms with Gasteiger partial charge in [-0.3, -0.25) is 14.9 Å². The molecule has 0 aliphatic carbocycles. The monoisotopic (exact) mass is 311 g/mol. The molecule has 0 bridgehead atoms. The third kappa shape index (κ3) is 1.99. The highest BCUT2D eigenvalue weighted by molar-refractivity contribution is 9.10. The van der Waals surface area contributed by atoms with Crippen molar-refractivity contribution in [3.63, 3.8) is 0 Å². The van der Waals surface area contributed by atoms with Crippen molar-refractivity contribution in [1.29, 1.82) is 0 Å². The van der Waals surface area contributed by atoms with Crippen molar-refractivity contribution in [2.24, 2.45) is 0 Å². The zero-order valence-electron chi connectivity index (χ0n) is 9.74. The molecule has 1 N–H and O–H groups in total. The second-order valence-corrected chi connectivity index (χ2v) is 4.44. The molecule has 0 aromatic heterocycles. The molecule has 1 aromatic carbocycles. The summed E-state index contributed by atoms with van der Waals surface area (Å²) in [5.41, 5.74) is 1.19. The molecule has 1 aromatic rings. The van der Waals surface area contributed by atoms with E-state index in [2.05, 4.69) is 21.2 Å². The Balaban J connectivity index is 2.67. The Morgan fingerprint density at radius 1 is 1.17 bits per heavy atom. The molecule has 0 fully saturated rings. The Kier molecular flexibility index (Phi) is 3.38. The maximum Gasteiger partial charge on any atom is 0.261 e. The van der Waals surface area contributed by atoms with E-state index in [0.717, 1.165) is 0 Å². The molecule has 94 valence electrons. The second-order valence-electron chi connectivity index (χ2n) is 3.58. The van der Waals surface area contributed by atoms with Crippen molar-refractivity contribution < 1.29 is 19.1 Å². The standard InChI is InChI=1S/C12H10BrNO4/c1-17-5-8-6-3-9(13)10(18-2)4-7(6)11(15)14-12(8)16/h3-5H,1-2H3,(H,14,15,16). The predicted octanol–water partition coefficient (Wildman–Crippen LogP) is 1.72. The van der Waals surface area contributed by atoms with Gasteiger partial charge in [0.25, 0.3) is 11.8 Å². The van der Waals surface area contributed by atoms with Gasteiger partial charge in [-0.25, -0.2) is 0 Å². The minimum Gasteiger partial charge on any atom is -0.504 e. The van der Waals surface area contributed by atoms with E-state index in [9.17, 15) is 9.59 Å². The van der Waals surface area contributed by atoms with Crippen LogP contribution in [0.2, 0.25) is 0 Å². The van der Waals surface area contributed by atoms with E-state index < -0.39 is 11.8 Å². The normalized spacial score (nSPS) is 16.3. The summed E-state index contributed by atoms with van der Waals surface area (Å²) >= 11 is 3.32. The van der Waals surface area contributed by atoms with Crippen molar-refractivity contribution in [2.45, 2.75) is 0 Å². The number of imide groups is 1. The van der Waals surface area contributed by atoms with Crippen LogP contribution in [0.1, 0.15) is 15.9 Å². The van der Waals surface area contributed by atoms with Crippen molar-refractivity contribution in [3.05, 3.63) is 34.0 Å². The van der Waals surface area contributed by atoms with Crippen LogP contribution >= 0.6 is 15.9 Å². The minimum absolute atomic E-state index is 0.301. The Labute approximate surface area is 112 Å². The van der Waals surface area contributed by atoms with Gasteiger partial charge in [0.2, 0.25) is 0 Å². The number of hydrogen-bond donors (Lipinski definition) is 1. The number of nitrogens with one attached hydrogen (secondary N) is 1. The molecule has 0 atom stereocenters. The van der Waals surface area contributed by atoms with E-state index in [1.807, 2.05) is 0 Å². The van der Waals surface area contributed by atoms with Gasteiger partial charge in [-0.15, -0.1) is 0 Å². The lowest BCUT2D eigenvalue weighted by molar-refractivity contribution is -0.114. The SMILES string of the molecule is COC=C1C(=O)NC(=O)c2cc(OC)c(Br)cc21. The van der Waals surface area contributed by atoms with Gasteiger partial charge in [0.05, 0.1) is 36.1 Å². The molecule has 5 nitrogen and oxygen atoms in total. The molecule has 6 heteroatoms. The van der Waals surface area contributed by atoms with Crippen molar-refractivity contribution >= 4 is 33.3 Å². The van der Waals surface area contributed by atoms with E-state index in [0.29, 0.717) is 26.9 Å². The van der Waals surface area contributed by atoms with Crippen LogP contribution in [-0.4, -0.2) is 26.0 Å². The maximum atomic E-state index is 11.8. The number of hydrogen-bond acceptors (Lipinski definition) is 4. The lowest BCUT2D eigenvalue weighted by Gasteiger charge is -2.19. The Morgan fingerprint density at radius 2 is 1.89 bits per heavy atom. The first-order chi connectivity index (χ1) is 8.58. The molecule has 1 aliphatic rings. The van der Waals surface area contributed by atoms with E-state index in [-0.39, 0.29) is 0 Å². The van der Waals surface area contributed by atoms with Gasteiger partial charge in [-0.05, 0) is 28.1 Å². The highest BCUT2D eigenvalue weighted by Gasteiger charge is 2.29. The van der Waals surface area contributed by atoms with E-state index in [4.69, 9.17) is 9.47 Å². The Morgan fingerprint density at radius 3 is 2.50 bits per heavy atom. The Bertz CT molecular complexity index is 565. The van der Waals surface area contributed by atoms with Gasteiger partial charge in [0, 0.05) is 5.56 Å². The zero-order valence-corrected chi connectivity index (χ0v) is 11.3. The van der Waals surface area contributed by atoms with E-state index in [1.54, 1.807) is 12.1 Å². The highest BCUT2D eigenvalue weighted by atomic mass is 79.9. The first-order valence-corrected chi connectivity index (χ1v) is 5.84. The fourth-order valence-electron chi connectivity index (χ4n) is 1.72. The molecule has 0 saturated carbocycles. The summed E-state index contributed by atoms with van der Waals surface area (Å²) < 4.78 is 10.6. The fourth-order valence-corrected chi connectivity index (χ4v) is 2.22. The molecule has 0 radical (unpaired) electrons. The maximum absolute atomic E-state index is 11.8. The van der Waals surface area contributed by atoms with Crippen LogP contribution in [0.25, 0.3) is 5.57 Å². The number of benzene rings is 1. The molecular weight excluding hydrogens is 302 g/mol. The number of fused-ring (bicyclic) bond motifs is 1. The van der Waals surface area contributed by atoms with Crippen LogP contribution in [0.3, 0.4) is 0 Å². The third-order valence-corrected chi connectivity index (χ3v) is 3.15. The molecule has 18 heavy (non-hydrogen) atoms. The number of amides is 2. The van der Waals surface area contributed by atoms with Crippen LogP contribution in [0.4, 0.5) is 0 Å². The minimum atomic E-state index is -0.480. The molecule has 1 heterocycles. The predicted molar refractivity (Wildman–Crippen MR) is 68.2 cm³/mol. The van der Waals surface area contributed by atoms with Crippen LogP contribution < -0.4 is 10.1 Å². The number of carbonyl (C=O) groups excluding carboxylic acids is 2. The molecule has 0 unspecified atom stereocenters. The first-order valence-electron chi connectivity index (χ1n) is 5.05. The van der Waals surface area contributed by atoms with Crippen LogP contribution in [0.5, 0.6) is 5.75 Å². The molecule has 2 rings (SSSR count). The van der Waals surface area contributed by atoms with Crippen LogP contribution in [-0.2, 0) is 9.53 Å². The third-order valence-electron chi connectivity index (χ3n) is 2.53. The summed E-state index contributed by atoms with van der Waals surface area (Å²) in [5.74, 6) is -0.407. The number of halogens is 1. The summed E-state index contributed by atoms with van der Waals surface area (Å²) in [6.07, 6.45) is 1.31. The topological polar surface area (TPSA) is 64.6 Å². The summed E-state index contributed by atoms with van der Waals surface area (Å²) in [6, 6.07) is 3.24. The van der Waals surface area contributed by atoms with E-state index >= 15 is 0 Å². The lowest BCUT2D eigenvalue weighted by Crippen LogP contribution is -2.36. The summed E-state index contributed by atoms with van der Waals surface area (Å²) in [6.45, 7) is 0. The van der Waals surface area contributed by atoms with Gasteiger partial charge in [-0.2, -0.15) is 0 Å². The van der Waals surface area contributed by atoms with Crippen molar-refractivity contribution in [3.8, 4) is 5.75 Å². The van der Waals surface area contributed by atoms with Crippen LogP contribution in [0.15, 0.2) is 22.9 Å². The quantitative estimate of drug-likeness (QED) is 0.513. The summed E-state index contributed by atoms with van der Waals surface area (Å²) in [4.78, 5) is 23.5. The van der Waals surface area contributed by atoms with E-state index in [1.165, 1.54) is 20.5 Å². The fraction of sp³-hybridized carbons (Fsp3) is 0.167. The molecule has 0 saturated heterocycles. The number of rotatable bonds is 2. The average Bonchev–Trinajstić information content (AvgIpc) is 2.34. The van der Waals surface area contributed by atoms with Gasteiger partial charge in [-0.1, -0.05) is 0 Å². The highest BCUT2D eigenvalue weighted by Crippen LogP contribution is 2.33. The second kappa shape index (κ2) is 4.81. The molecule has 2 amide bonds. The summed E-state index contributed by atoms with van der Waals surface area (Å²) in [7, 11) is 2.94. The number of ether oxygens (including phenoxy) is 2. The van der Waals surface area contributed by atoms with Crippen molar-refractivity contribution in [1.82, 2.24) is 5.32 Å². The number of methoxy groups -OCH3 is 2. The number of carbonyl (C=O) groups is 2. The smallest absolute Gasteiger partial charge is 0.261 e. The van der Waals surface area contributed by atoms with Gasteiger partial charge in [0.1, 0.15) is 5.75 Å². The lowest BCUT2D eigenvalue weighted by atomic mass is 9.95. The summed E-state index contributed by atoms with van der Waals surface area (Å²) in [5, 5.41) is 2.24. The first kappa shape index (κ1) is 12.6. The average molecular weight is 312 g/mol. The Hall–Kier alpha value is -1.82. The molecule has 0 spiro atoms. The van der Waals surface area contributed by atoms with Gasteiger partial charge >= 0.3 is 0 Å².